The molecule has 4 nitrogen and oxygen atoms in total. The highest BCUT2D eigenvalue weighted by atomic mass is 32.2. The Morgan fingerprint density at radius 1 is 1.42 bits per heavy atom. The monoisotopic (exact) mass is 282 g/mol. The molecule has 106 valence electrons. The maximum Gasteiger partial charge on any atom is 0.243 e. The maximum absolute atomic E-state index is 12.8. The predicted molar refractivity (Wildman–Crippen MR) is 76.3 cm³/mol. The SMILES string of the molecule is CCC1CCCN1S(=O)(=O)c1cccc(CN)c1C. The third-order valence-corrected chi connectivity index (χ3v) is 6.09. The first-order chi connectivity index (χ1) is 9.02. The maximum atomic E-state index is 12.8. The number of hydrogen-bond donors (Lipinski definition) is 1. The lowest BCUT2D eigenvalue weighted by Crippen LogP contribution is -2.35. The molecule has 1 fully saturated rings. The van der Waals surface area contributed by atoms with Crippen LogP contribution in [0.1, 0.15) is 37.3 Å². The summed E-state index contributed by atoms with van der Waals surface area (Å²) >= 11 is 0. The van der Waals surface area contributed by atoms with Crippen LogP contribution in [0.15, 0.2) is 23.1 Å². The summed E-state index contributed by atoms with van der Waals surface area (Å²) in [5.41, 5.74) is 7.34. The molecule has 1 heterocycles. The van der Waals surface area contributed by atoms with Crippen LogP contribution in [0.25, 0.3) is 0 Å². The predicted octanol–water partition coefficient (Wildman–Crippen LogP) is 2.02. The van der Waals surface area contributed by atoms with Crippen molar-refractivity contribution >= 4 is 10.0 Å². The minimum absolute atomic E-state index is 0.144. The van der Waals surface area contributed by atoms with Crippen LogP contribution in [0.2, 0.25) is 0 Å². The molecule has 1 atom stereocenters. The largest absolute Gasteiger partial charge is 0.326 e. The van der Waals surface area contributed by atoms with E-state index in [4.69, 9.17) is 5.73 Å². The van der Waals surface area contributed by atoms with E-state index in [1.807, 2.05) is 19.9 Å². The van der Waals surface area contributed by atoms with E-state index >= 15 is 0 Å². The molecule has 0 spiro atoms. The Morgan fingerprint density at radius 3 is 2.79 bits per heavy atom. The molecule has 0 aliphatic carbocycles. The smallest absolute Gasteiger partial charge is 0.243 e. The van der Waals surface area contributed by atoms with Crippen molar-refractivity contribution < 1.29 is 8.42 Å². The molecule has 1 saturated heterocycles. The fourth-order valence-electron chi connectivity index (χ4n) is 2.82. The lowest BCUT2D eigenvalue weighted by atomic mass is 10.1. The van der Waals surface area contributed by atoms with Gasteiger partial charge in [-0.2, -0.15) is 4.31 Å². The second kappa shape index (κ2) is 5.61. The van der Waals surface area contributed by atoms with E-state index in [1.54, 1.807) is 16.4 Å². The average Bonchev–Trinajstić information content (AvgIpc) is 2.87. The molecule has 0 saturated carbocycles. The lowest BCUT2D eigenvalue weighted by Gasteiger charge is -2.24. The molecule has 5 heteroatoms. The minimum atomic E-state index is -3.39. The second-order valence-electron chi connectivity index (χ2n) is 5.06. The molecule has 2 rings (SSSR count). The van der Waals surface area contributed by atoms with Crippen LogP contribution in [0.5, 0.6) is 0 Å². The highest BCUT2D eigenvalue weighted by Crippen LogP contribution is 2.30. The Labute approximate surface area is 115 Å². The Balaban J connectivity index is 2.45. The summed E-state index contributed by atoms with van der Waals surface area (Å²) in [7, 11) is -3.39. The van der Waals surface area contributed by atoms with Crippen LogP contribution in [0, 0.1) is 6.92 Å². The molecule has 1 aromatic carbocycles. The van der Waals surface area contributed by atoms with Crippen LogP contribution in [0.4, 0.5) is 0 Å². The number of nitrogens with two attached hydrogens (primary N) is 1. The Kier molecular flexibility index (Phi) is 4.28. The van der Waals surface area contributed by atoms with Gasteiger partial charge in [-0.15, -0.1) is 0 Å². The Bertz CT molecular complexity index is 555. The van der Waals surface area contributed by atoms with Gasteiger partial charge in [0, 0.05) is 19.1 Å². The Hall–Kier alpha value is -0.910. The molecule has 0 aromatic heterocycles. The summed E-state index contributed by atoms with van der Waals surface area (Å²) in [6, 6.07) is 5.50. The number of hydrogen-bond acceptors (Lipinski definition) is 3. The van der Waals surface area contributed by atoms with Crippen molar-refractivity contribution in [3.63, 3.8) is 0 Å². The topological polar surface area (TPSA) is 63.4 Å². The van der Waals surface area contributed by atoms with Gasteiger partial charge >= 0.3 is 0 Å². The fourth-order valence-corrected chi connectivity index (χ4v) is 4.86. The third kappa shape index (κ3) is 2.55. The standard InChI is InChI=1S/C14H22N2O2S/c1-3-13-7-5-9-16(13)19(17,18)14-8-4-6-12(10-15)11(14)2/h4,6,8,13H,3,5,7,9-10,15H2,1-2H3. The zero-order valence-corrected chi connectivity index (χ0v) is 12.4. The zero-order valence-electron chi connectivity index (χ0n) is 11.6. The van der Waals surface area contributed by atoms with Gasteiger partial charge in [0.1, 0.15) is 0 Å². The van der Waals surface area contributed by atoms with Crippen molar-refractivity contribution in [1.82, 2.24) is 4.31 Å². The van der Waals surface area contributed by atoms with Crippen molar-refractivity contribution in [1.29, 1.82) is 0 Å². The summed E-state index contributed by atoms with van der Waals surface area (Å²) in [6.07, 6.45) is 2.79. The third-order valence-electron chi connectivity index (χ3n) is 4.00. The summed E-state index contributed by atoms with van der Waals surface area (Å²) < 4.78 is 27.2. The zero-order chi connectivity index (χ0) is 14.0. The molecular weight excluding hydrogens is 260 g/mol. The summed E-state index contributed by atoms with van der Waals surface area (Å²) in [4.78, 5) is 0.413. The van der Waals surface area contributed by atoms with Gasteiger partial charge in [0.2, 0.25) is 10.0 Å². The minimum Gasteiger partial charge on any atom is -0.326 e. The fraction of sp³-hybridized carbons (Fsp3) is 0.571. The number of benzene rings is 1. The summed E-state index contributed by atoms with van der Waals surface area (Å²) in [5.74, 6) is 0. The van der Waals surface area contributed by atoms with E-state index in [1.165, 1.54) is 0 Å². The van der Waals surface area contributed by atoms with Crippen molar-refractivity contribution in [2.45, 2.75) is 50.6 Å². The van der Waals surface area contributed by atoms with Crippen molar-refractivity contribution in [3.8, 4) is 0 Å². The van der Waals surface area contributed by atoms with Gasteiger partial charge in [0.05, 0.1) is 4.90 Å². The molecule has 19 heavy (non-hydrogen) atoms. The van der Waals surface area contributed by atoms with E-state index in [0.717, 1.165) is 30.4 Å². The first-order valence-corrected chi connectivity index (χ1v) is 8.26. The molecule has 1 aromatic rings. The second-order valence-corrected chi connectivity index (χ2v) is 6.92. The van der Waals surface area contributed by atoms with Gasteiger partial charge in [0.25, 0.3) is 0 Å². The van der Waals surface area contributed by atoms with Crippen LogP contribution < -0.4 is 5.73 Å². The number of rotatable bonds is 4. The first-order valence-electron chi connectivity index (χ1n) is 6.82. The first kappa shape index (κ1) is 14.5. The van der Waals surface area contributed by atoms with E-state index in [-0.39, 0.29) is 6.04 Å². The van der Waals surface area contributed by atoms with Gasteiger partial charge < -0.3 is 5.73 Å². The normalized spacial score (nSPS) is 20.9. The summed E-state index contributed by atoms with van der Waals surface area (Å²) in [6.45, 7) is 4.88. The van der Waals surface area contributed by atoms with Gasteiger partial charge in [-0.05, 0) is 43.4 Å². The van der Waals surface area contributed by atoms with Crippen LogP contribution in [-0.4, -0.2) is 25.3 Å². The van der Waals surface area contributed by atoms with E-state index in [0.29, 0.717) is 18.0 Å². The molecule has 0 bridgehead atoms. The highest BCUT2D eigenvalue weighted by Gasteiger charge is 2.35. The van der Waals surface area contributed by atoms with Gasteiger partial charge in [-0.1, -0.05) is 19.1 Å². The lowest BCUT2D eigenvalue weighted by molar-refractivity contribution is 0.379. The number of sulfonamides is 1. The molecule has 2 N–H and O–H groups in total. The number of nitrogens with zero attached hydrogens (tertiary/aromatic N) is 1. The highest BCUT2D eigenvalue weighted by molar-refractivity contribution is 7.89. The van der Waals surface area contributed by atoms with Crippen LogP contribution in [-0.2, 0) is 16.6 Å². The van der Waals surface area contributed by atoms with Gasteiger partial charge in [-0.25, -0.2) is 8.42 Å². The molecule has 1 aliphatic heterocycles. The van der Waals surface area contributed by atoms with E-state index in [2.05, 4.69) is 0 Å². The van der Waals surface area contributed by atoms with Crippen molar-refractivity contribution in [3.05, 3.63) is 29.3 Å². The van der Waals surface area contributed by atoms with Crippen LogP contribution in [0.3, 0.4) is 0 Å². The molecule has 1 unspecified atom stereocenters. The molecule has 0 radical (unpaired) electrons. The van der Waals surface area contributed by atoms with Crippen molar-refractivity contribution in [2.75, 3.05) is 6.54 Å². The quantitative estimate of drug-likeness (QED) is 0.919. The van der Waals surface area contributed by atoms with E-state index < -0.39 is 10.0 Å². The Morgan fingerprint density at radius 2 is 2.16 bits per heavy atom. The molecular formula is C14H22N2O2S. The van der Waals surface area contributed by atoms with Crippen molar-refractivity contribution in [2.24, 2.45) is 5.73 Å². The van der Waals surface area contributed by atoms with E-state index in [9.17, 15) is 8.42 Å². The van der Waals surface area contributed by atoms with Gasteiger partial charge in [0.15, 0.2) is 0 Å². The van der Waals surface area contributed by atoms with Crippen LogP contribution >= 0.6 is 0 Å². The summed E-state index contributed by atoms with van der Waals surface area (Å²) in [5, 5.41) is 0. The average molecular weight is 282 g/mol. The molecule has 0 amide bonds. The molecule has 1 aliphatic rings. The van der Waals surface area contributed by atoms with Gasteiger partial charge in [-0.3, -0.25) is 0 Å².